The van der Waals surface area contributed by atoms with E-state index in [4.69, 9.17) is 10.8 Å². The standard InChI is InChI=1S/C6H14N2O2SSe/c7-2-1-3-12-8-5(4-11)6(9)10/h5,8,11H,1-4,7H2,(H,9,10). The summed E-state index contributed by atoms with van der Waals surface area (Å²) in [5.41, 5.74) is 5.29. The summed E-state index contributed by atoms with van der Waals surface area (Å²) in [5, 5.41) is 9.58. The molecule has 0 heterocycles. The monoisotopic (exact) mass is 258 g/mol. The molecule has 4 N–H and O–H groups in total. The topological polar surface area (TPSA) is 75.3 Å². The fraction of sp³-hybridized carbons (Fsp3) is 0.833. The zero-order valence-corrected chi connectivity index (χ0v) is 9.30. The van der Waals surface area contributed by atoms with Gasteiger partial charge < -0.3 is 0 Å². The second-order valence-electron chi connectivity index (χ2n) is 2.18. The molecule has 1 unspecified atom stereocenters. The number of thiol groups is 1. The molecule has 0 saturated carbocycles. The Bertz CT molecular complexity index is 137. The predicted molar refractivity (Wildman–Crippen MR) is 52.6 cm³/mol. The fourth-order valence-corrected chi connectivity index (χ4v) is 2.71. The van der Waals surface area contributed by atoms with Crippen LogP contribution in [0, 0.1) is 0 Å². The first kappa shape index (κ1) is 12.3. The molecule has 0 bridgehead atoms. The van der Waals surface area contributed by atoms with Crippen molar-refractivity contribution in [3.8, 4) is 0 Å². The van der Waals surface area contributed by atoms with Crippen LogP contribution in [0.3, 0.4) is 0 Å². The molecule has 0 amide bonds. The first-order valence-electron chi connectivity index (χ1n) is 3.63. The second-order valence-corrected chi connectivity index (χ2v) is 4.50. The van der Waals surface area contributed by atoms with Crippen LogP contribution in [-0.2, 0) is 4.79 Å². The predicted octanol–water partition coefficient (Wildman–Crippen LogP) is -0.655. The molecule has 0 saturated heterocycles. The zero-order chi connectivity index (χ0) is 9.40. The van der Waals surface area contributed by atoms with Crippen LogP contribution in [0.25, 0.3) is 0 Å². The van der Waals surface area contributed by atoms with Crippen molar-refractivity contribution in [2.75, 3.05) is 12.3 Å². The van der Waals surface area contributed by atoms with Gasteiger partial charge in [-0.25, -0.2) is 0 Å². The number of carboxylic acids is 1. The Hall–Kier alpha value is 0.259. The van der Waals surface area contributed by atoms with Gasteiger partial charge in [-0.1, -0.05) is 0 Å². The van der Waals surface area contributed by atoms with Gasteiger partial charge in [0.2, 0.25) is 0 Å². The number of nitrogens with two attached hydrogens (primary N) is 1. The molecule has 1 atom stereocenters. The number of carboxylic acid groups (broad SMARTS) is 1. The van der Waals surface area contributed by atoms with Crippen LogP contribution < -0.4 is 10.1 Å². The average molecular weight is 257 g/mol. The molecule has 0 aromatic heterocycles. The molecule has 12 heavy (non-hydrogen) atoms. The van der Waals surface area contributed by atoms with Crippen molar-refractivity contribution in [3.63, 3.8) is 0 Å². The molecule has 4 nitrogen and oxygen atoms in total. The summed E-state index contributed by atoms with van der Waals surface area (Å²) in [6, 6.07) is -0.508. The zero-order valence-electron chi connectivity index (χ0n) is 6.69. The van der Waals surface area contributed by atoms with Gasteiger partial charge in [0.05, 0.1) is 0 Å². The van der Waals surface area contributed by atoms with E-state index in [2.05, 4.69) is 17.0 Å². The van der Waals surface area contributed by atoms with Crippen molar-refractivity contribution in [1.29, 1.82) is 0 Å². The maximum atomic E-state index is 10.5. The summed E-state index contributed by atoms with van der Waals surface area (Å²) in [6.07, 6.45) is 0.950. The molecule has 0 aliphatic carbocycles. The number of hydrogen-bond donors (Lipinski definition) is 4. The van der Waals surface area contributed by atoms with Crippen LogP contribution in [0.4, 0.5) is 0 Å². The molecule has 0 aliphatic heterocycles. The molecule has 0 spiro atoms. The van der Waals surface area contributed by atoms with E-state index in [-0.39, 0.29) is 15.2 Å². The summed E-state index contributed by atoms with van der Waals surface area (Å²) in [6.45, 7) is 0.669. The van der Waals surface area contributed by atoms with E-state index in [1.807, 2.05) is 0 Å². The Labute approximate surface area is 84.1 Å². The van der Waals surface area contributed by atoms with Gasteiger partial charge in [0.15, 0.2) is 0 Å². The Morgan fingerprint density at radius 1 is 1.75 bits per heavy atom. The number of aliphatic carboxylic acids is 1. The van der Waals surface area contributed by atoms with E-state index in [0.717, 1.165) is 11.7 Å². The van der Waals surface area contributed by atoms with Crippen LogP contribution in [-0.4, -0.2) is 44.6 Å². The van der Waals surface area contributed by atoms with Gasteiger partial charge in [-0.15, -0.1) is 0 Å². The summed E-state index contributed by atoms with van der Waals surface area (Å²) in [7, 11) is 0. The van der Waals surface area contributed by atoms with Crippen molar-refractivity contribution < 1.29 is 9.90 Å². The van der Waals surface area contributed by atoms with E-state index >= 15 is 0 Å². The number of carbonyl (C=O) groups is 1. The van der Waals surface area contributed by atoms with Crippen molar-refractivity contribution in [3.05, 3.63) is 0 Å². The van der Waals surface area contributed by atoms with Crippen molar-refractivity contribution in [1.82, 2.24) is 4.33 Å². The fourth-order valence-electron chi connectivity index (χ4n) is 0.481. The van der Waals surface area contributed by atoms with Gasteiger partial charge in [0.25, 0.3) is 0 Å². The minimum absolute atomic E-state index is 0.172. The van der Waals surface area contributed by atoms with Crippen molar-refractivity contribution in [2.45, 2.75) is 17.8 Å². The molecular formula is C6H14N2O2SSe. The summed E-state index contributed by atoms with van der Waals surface area (Å²) >= 11 is 4.09. The molecule has 0 radical (unpaired) electrons. The van der Waals surface area contributed by atoms with Crippen LogP contribution in [0.5, 0.6) is 0 Å². The first-order chi connectivity index (χ1) is 5.72. The molecule has 0 aromatic carbocycles. The molecule has 0 fully saturated rings. The van der Waals surface area contributed by atoms with Crippen LogP contribution >= 0.6 is 12.6 Å². The Morgan fingerprint density at radius 2 is 2.42 bits per heavy atom. The third kappa shape index (κ3) is 5.85. The maximum absolute atomic E-state index is 10.5. The minimum atomic E-state index is -0.834. The van der Waals surface area contributed by atoms with Gasteiger partial charge in [-0.05, 0) is 0 Å². The summed E-state index contributed by atoms with van der Waals surface area (Å²) < 4.78 is 2.93. The summed E-state index contributed by atoms with van der Waals surface area (Å²) in [5.74, 6) is -0.501. The molecule has 72 valence electrons. The first-order valence-corrected chi connectivity index (χ1v) is 6.33. The quantitative estimate of drug-likeness (QED) is 0.278. The Kier molecular flexibility index (Phi) is 8.06. The Morgan fingerprint density at radius 3 is 2.83 bits per heavy atom. The normalized spacial score (nSPS) is 12.8. The van der Waals surface area contributed by atoms with Crippen LogP contribution in [0.2, 0.25) is 5.32 Å². The molecule has 0 rings (SSSR count). The van der Waals surface area contributed by atoms with Gasteiger partial charge in [0, 0.05) is 0 Å². The van der Waals surface area contributed by atoms with E-state index in [1.54, 1.807) is 0 Å². The molecule has 0 aliphatic rings. The van der Waals surface area contributed by atoms with Gasteiger partial charge in [-0.2, -0.15) is 0 Å². The number of rotatable bonds is 7. The number of nitrogens with one attached hydrogen (secondary N) is 1. The van der Waals surface area contributed by atoms with E-state index in [0.29, 0.717) is 12.3 Å². The molecule has 0 aromatic rings. The van der Waals surface area contributed by atoms with Gasteiger partial charge in [-0.3, -0.25) is 0 Å². The molecule has 6 heteroatoms. The average Bonchev–Trinajstić information content (AvgIpc) is 2.04. The molecular weight excluding hydrogens is 243 g/mol. The van der Waals surface area contributed by atoms with Crippen LogP contribution in [0.15, 0.2) is 0 Å². The van der Waals surface area contributed by atoms with Gasteiger partial charge in [0.1, 0.15) is 0 Å². The third-order valence-corrected chi connectivity index (χ3v) is 3.50. The van der Waals surface area contributed by atoms with E-state index in [9.17, 15) is 4.79 Å². The SMILES string of the molecule is NCCC[Se]NC(CS)C(=O)O. The van der Waals surface area contributed by atoms with E-state index < -0.39 is 12.0 Å². The summed E-state index contributed by atoms with van der Waals surface area (Å²) in [4.78, 5) is 10.5. The second kappa shape index (κ2) is 7.89. The van der Waals surface area contributed by atoms with Crippen molar-refractivity contribution >= 4 is 33.8 Å². The third-order valence-electron chi connectivity index (χ3n) is 1.16. The van der Waals surface area contributed by atoms with Crippen molar-refractivity contribution in [2.24, 2.45) is 5.73 Å². The van der Waals surface area contributed by atoms with Gasteiger partial charge >= 0.3 is 83.8 Å². The van der Waals surface area contributed by atoms with Crippen LogP contribution in [0.1, 0.15) is 6.42 Å². The Balaban J connectivity index is 3.38. The number of hydrogen-bond acceptors (Lipinski definition) is 4. The van der Waals surface area contributed by atoms with E-state index in [1.165, 1.54) is 0 Å².